The Morgan fingerprint density at radius 3 is 3.10 bits per heavy atom. The van der Waals surface area contributed by atoms with Crippen LogP contribution in [0.25, 0.3) is 0 Å². The van der Waals surface area contributed by atoms with Gasteiger partial charge in [-0.1, -0.05) is 6.07 Å². The number of rotatable bonds is 4. The van der Waals surface area contributed by atoms with E-state index in [2.05, 4.69) is 33.5 Å². The van der Waals surface area contributed by atoms with Gasteiger partial charge in [0.05, 0.1) is 12.9 Å². The molecule has 0 amide bonds. The van der Waals surface area contributed by atoms with Crippen molar-refractivity contribution in [1.29, 1.82) is 0 Å². The number of guanidine groups is 1. The summed E-state index contributed by atoms with van der Waals surface area (Å²) in [5.41, 5.74) is 9.82. The molecule has 0 fully saturated rings. The molecule has 2 aromatic rings. The second kappa shape index (κ2) is 5.77. The first-order chi connectivity index (χ1) is 9.81. The Morgan fingerprint density at radius 2 is 2.25 bits per heavy atom. The summed E-state index contributed by atoms with van der Waals surface area (Å²) in [6.07, 6.45) is 9.08. The van der Waals surface area contributed by atoms with E-state index in [9.17, 15) is 0 Å². The summed E-state index contributed by atoms with van der Waals surface area (Å²) in [5.74, 6) is 0.461. The first-order valence-corrected chi connectivity index (χ1v) is 6.96. The molecule has 5 nitrogen and oxygen atoms in total. The Labute approximate surface area is 118 Å². The maximum absolute atomic E-state index is 5.90. The van der Waals surface area contributed by atoms with Crippen LogP contribution in [0.15, 0.2) is 41.9 Å². The summed E-state index contributed by atoms with van der Waals surface area (Å²) in [5, 5.41) is 3.15. The first kappa shape index (κ1) is 12.7. The van der Waals surface area contributed by atoms with Crippen molar-refractivity contribution >= 4 is 11.6 Å². The topological polar surface area (TPSA) is 68.2 Å². The number of nitrogens with one attached hydrogen (secondary N) is 1. The second-order valence-electron chi connectivity index (χ2n) is 5.03. The Balaban J connectivity index is 1.56. The predicted molar refractivity (Wildman–Crippen MR) is 80.8 cm³/mol. The lowest BCUT2D eigenvalue weighted by Crippen LogP contribution is -2.23. The average molecular weight is 269 g/mol. The van der Waals surface area contributed by atoms with Gasteiger partial charge in [0.25, 0.3) is 0 Å². The number of hydrogen-bond donors (Lipinski definition) is 2. The summed E-state index contributed by atoms with van der Waals surface area (Å²) in [6, 6.07) is 6.44. The molecule has 1 aromatic carbocycles. The van der Waals surface area contributed by atoms with Crippen LogP contribution >= 0.6 is 0 Å². The molecule has 1 aliphatic rings. The highest BCUT2D eigenvalue weighted by atomic mass is 15.1. The molecule has 5 heteroatoms. The van der Waals surface area contributed by atoms with Crippen LogP contribution in [0.4, 0.5) is 5.69 Å². The fraction of sp³-hybridized carbons (Fsp3) is 0.333. The van der Waals surface area contributed by atoms with Crippen molar-refractivity contribution in [3.8, 4) is 0 Å². The maximum Gasteiger partial charge on any atom is 0.193 e. The van der Waals surface area contributed by atoms with Crippen molar-refractivity contribution in [2.45, 2.75) is 25.8 Å². The van der Waals surface area contributed by atoms with Crippen LogP contribution in [0.3, 0.4) is 0 Å². The molecule has 3 N–H and O–H groups in total. The molecule has 3 rings (SSSR count). The van der Waals surface area contributed by atoms with Gasteiger partial charge in [0.15, 0.2) is 5.96 Å². The van der Waals surface area contributed by atoms with Gasteiger partial charge in [-0.05, 0) is 42.5 Å². The van der Waals surface area contributed by atoms with Gasteiger partial charge in [0.1, 0.15) is 0 Å². The van der Waals surface area contributed by atoms with Crippen LogP contribution in [0.5, 0.6) is 0 Å². The molecule has 0 saturated carbocycles. The third-order valence-corrected chi connectivity index (χ3v) is 3.57. The van der Waals surface area contributed by atoms with Crippen molar-refractivity contribution < 1.29 is 0 Å². The van der Waals surface area contributed by atoms with Crippen molar-refractivity contribution in [2.75, 3.05) is 11.9 Å². The number of nitrogens with zero attached hydrogens (tertiary/aromatic N) is 3. The Morgan fingerprint density at radius 1 is 1.35 bits per heavy atom. The normalized spacial score (nSPS) is 14.3. The number of aliphatic imine (C=N–C) groups is 1. The van der Waals surface area contributed by atoms with Gasteiger partial charge in [-0.15, -0.1) is 0 Å². The van der Waals surface area contributed by atoms with Crippen molar-refractivity contribution in [3.63, 3.8) is 0 Å². The van der Waals surface area contributed by atoms with Gasteiger partial charge >= 0.3 is 0 Å². The summed E-state index contributed by atoms with van der Waals surface area (Å²) >= 11 is 0. The first-order valence-electron chi connectivity index (χ1n) is 6.96. The van der Waals surface area contributed by atoms with Crippen LogP contribution in [0.2, 0.25) is 0 Å². The average Bonchev–Trinajstić information content (AvgIpc) is 3.08. The highest BCUT2D eigenvalue weighted by Gasteiger charge is 2.10. The minimum absolute atomic E-state index is 0.461. The van der Waals surface area contributed by atoms with Gasteiger partial charge in [-0.3, -0.25) is 4.99 Å². The molecule has 0 bridgehead atoms. The van der Waals surface area contributed by atoms with Crippen molar-refractivity contribution in [2.24, 2.45) is 10.7 Å². The van der Waals surface area contributed by atoms with E-state index in [-0.39, 0.29) is 0 Å². The molecule has 0 spiro atoms. The lowest BCUT2D eigenvalue weighted by atomic mass is 10.1. The van der Waals surface area contributed by atoms with E-state index in [1.165, 1.54) is 30.4 Å². The second-order valence-corrected chi connectivity index (χ2v) is 5.03. The van der Waals surface area contributed by atoms with Gasteiger partial charge in [-0.25, -0.2) is 4.98 Å². The SMILES string of the molecule is NC(=NCCn1ccnc1)Nc1ccc2c(c1)CCC2. The fourth-order valence-corrected chi connectivity index (χ4v) is 2.54. The number of aryl methyl sites for hydroxylation is 2. The summed E-state index contributed by atoms with van der Waals surface area (Å²) < 4.78 is 1.98. The van der Waals surface area contributed by atoms with E-state index >= 15 is 0 Å². The number of benzene rings is 1. The third kappa shape index (κ3) is 2.99. The predicted octanol–water partition coefficient (Wildman–Crippen LogP) is 1.80. The highest BCUT2D eigenvalue weighted by Crippen LogP contribution is 2.24. The maximum atomic E-state index is 5.90. The van der Waals surface area contributed by atoms with Crippen LogP contribution < -0.4 is 11.1 Å². The summed E-state index contributed by atoms with van der Waals surface area (Å²) in [4.78, 5) is 8.31. The van der Waals surface area contributed by atoms with Crippen LogP contribution in [-0.2, 0) is 19.4 Å². The Hall–Kier alpha value is -2.30. The van der Waals surface area contributed by atoms with E-state index in [1.54, 1.807) is 12.5 Å². The zero-order valence-corrected chi connectivity index (χ0v) is 11.4. The summed E-state index contributed by atoms with van der Waals surface area (Å²) in [6.45, 7) is 1.42. The van der Waals surface area contributed by atoms with Crippen LogP contribution in [0.1, 0.15) is 17.5 Å². The van der Waals surface area contributed by atoms with Crippen molar-refractivity contribution in [1.82, 2.24) is 9.55 Å². The van der Waals surface area contributed by atoms with Gasteiger partial charge in [0.2, 0.25) is 0 Å². The lowest BCUT2D eigenvalue weighted by Gasteiger charge is -2.08. The van der Waals surface area contributed by atoms with Crippen molar-refractivity contribution in [3.05, 3.63) is 48.0 Å². The Bertz CT molecular complexity index is 601. The molecule has 1 aliphatic carbocycles. The molecule has 0 unspecified atom stereocenters. The number of fused-ring (bicyclic) bond motifs is 1. The van der Waals surface area contributed by atoms with Gasteiger partial charge < -0.3 is 15.6 Å². The van der Waals surface area contributed by atoms with Crippen LogP contribution in [0, 0.1) is 0 Å². The van der Waals surface area contributed by atoms with Gasteiger partial charge in [-0.2, -0.15) is 0 Å². The molecule has 0 radical (unpaired) electrons. The largest absolute Gasteiger partial charge is 0.370 e. The molecular weight excluding hydrogens is 250 g/mol. The molecular formula is C15H19N5. The molecule has 0 atom stereocenters. The third-order valence-electron chi connectivity index (χ3n) is 3.57. The molecule has 1 heterocycles. The Kier molecular flexibility index (Phi) is 3.67. The zero-order chi connectivity index (χ0) is 13.8. The molecule has 20 heavy (non-hydrogen) atoms. The van der Waals surface area contributed by atoms with Crippen LogP contribution in [-0.4, -0.2) is 22.1 Å². The zero-order valence-electron chi connectivity index (χ0n) is 11.4. The lowest BCUT2D eigenvalue weighted by molar-refractivity contribution is 0.708. The quantitative estimate of drug-likeness (QED) is 0.657. The minimum Gasteiger partial charge on any atom is -0.370 e. The van der Waals surface area contributed by atoms with Gasteiger partial charge in [0, 0.05) is 24.6 Å². The number of hydrogen-bond acceptors (Lipinski definition) is 2. The van der Waals surface area contributed by atoms with E-state index < -0.39 is 0 Å². The minimum atomic E-state index is 0.461. The number of nitrogens with two attached hydrogens (primary N) is 1. The summed E-state index contributed by atoms with van der Waals surface area (Å²) in [7, 11) is 0. The standard InChI is InChI=1S/C15H19N5/c16-15(18-7-9-20-8-6-17-11-20)19-14-5-4-12-2-1-3-13(12)10-14/h4-6,8,10-11H,1-3,7,9H2,(H3,16,18,19). The molecule has 0 saturated heterocycles. The molecule has 1 aromatic heterocycles. The van der Waals surface area contributed by atoms with E-state index in [0.717, 1.165) is 12.2 Å². The fourth-order valence-electron chi connectivity index (χ4n) is 2.54. The molecule has 0 aliphatic heterocycles. The van der Waals surface area contributed by atoms with E-state index in [1.807, 2.05) is 10.8 Å². The molecule has 104 valence electrons. The smallest absolute Gasteiger partial charge is 0.193 e. The number of anilines is 1. The van der Waals surface area contributed by atoms with E-state index in [4.69, 9.17) is 5.73 Å². The monoisotopic (exact) mass is 269 g/mol. The number of aromatic nitrogens is 2. The van der Waals surface area contributed by atoms with E-state index in [0.29, 0.717) is 12.5 Å². The highest BCUT2D eigenvalue weighted by molar-refractivity contribution is 5.92. The number of imidazole rings is 1.